The van der Waals surface area contributed by atoms with E-state index in [-0.39, 0.29) is 11.7 Å². The molecule has 5 fully saturated rings. The summed E-state index contributed by atoms with van der Waals surface area (Å²) in [6.45, 7) is 7.43. The molecule has 126 valence electrons. The molecule has 1 saturated heterocycles. The Hall–Kier alpha value is -0.120. The molecule has 1 N–H and O–H groups in total. The SMILES string of the molecule is CC[N+]1(CC(O)COC23CC4CC(CC(C4)C2)C3)CCCC1. The standard InChI is InChI=1S/C19H34NO2/c1-2-20(5-3-4-6-20)13-18(21)14-22-19-10-15-7-16(11-19)9-17(8-15)12-19/h15-18,21H,2-14H2,1H3/q+1. The Morgan fingerprint density at radius 2 is 1.59 bits per heavy atom. The largest absolute Gasteiger partial charge is 0.385 e. The van der Waals surface area contributed by atoms with Gasteiger partial charge in [0, 0.05) is 12.8 Å². The van der Waals surface area contributed by atoms with Crippen molar-refractivity contribution < 1.29 is 14.3 Å². The van der Waals surface area contributed by atoms with E-state index in [9.17, 15) is 5.11 Å². The summed E-state index contributed by atoms with van der Waals surface area (Å²) in [7, 11) is 0. The Kier molecular flexibility index (Phi) is 4.03. The number of quaternary nitrogens is 1. The fraction of sp³-hybridized carbons (Fsp3) is 1.00. The van der Waals surface area contributed by atoms with Gasteiger partial charge in [-0.1, -0.05) is 0 Å². The lowest BCUT2D eigenvalue weighted by molar-refractivity contribution is -0.918. The molecule has 4 saturated carbocycles. The van der Waals surface area contributed by atoms with Gasteiger partial charge in [-0.2, -0.15) is 0 Å². The number of aliphatic hydroxyl groups excluding tert-OH is 1. The van der Waals surface area contributed by atoms with Gasteiger partial charge in [0.2, 0.25) is 0 Å². The first-order valence-electron chi connectivity index (χ1n) is 9.77. The van der Waals surface area contributed by atoms with Gasteiger partial charge in [0.05, 0.1) is 31.8 Å². The van der Waals surface area contributed by atoms with Crippen LogP contribution in [0.3, 0.4) is 0 Å². The number of nitrogens with zero attached hydrogens (tertiary/aromatic N) is 1. The monoisotopic (exact) mass is 308 g/mol. The van der Waals surface area contributed by atoms with Crippen molar-refractivity contribution in [2.24, 2.45) is 17.8 Å². The van der Waals surface area contributed by atoms with Crippen molar-refractivity contribution in [3.63, 3.8) is 0 Å². The Labute approximate surface area is 135 Å². The third-order valence-electron chi connectivity index (χ3n) is 7.35. The molecular weight excluding hydrogens is 274 g/mol. The molecule has 0 aromatic carbocycles. The molecule has 1 heterocycles. The quantitative estimate of drug-likeness (QED) is 0.765. The van der Waals surface area contributed by atoms with Crippen LogP contribution in [0, 0.1) is 17.8 Å². The predicted molar refractivity (Wildman–Crippen MR) is 87.5 cm³/mol. The number of hydrogen-bond donors (Lipinski definition) is 1. The van der Waals surface area contributed by atoms with E-state index in [1.165, 1.54) is 64.5 Å². The minimum atomic E-state index is -0.272. The minimum absolute atomic E-state index is 0.151. The lowest BCUT2D eigenvalue weighted by Crippen LogP contribution is -2.54. The van der Waals surface area contributed by atoms with E-state index in [1.807, 2.05) is 0 Å². The van der Waals surface area contributed by atoms with Crippen molar-refractivity contribution >= 4 is 0 Å². The third-order valence-corrected chi connectivity index (χ3v) is 7.35. The summed E-state index contributed by atoms with van der Waals surface area (Å²) in [5.41, 5.74) is 0.151. The van der Waals surface area contributed by atoms with Crippen molar-refractivity contribution in [2.45, 2.75) is 70.0 Å². The Balaban J connectivity index is 1.32. The molecule has 1 unspecified atom stereocenters. The number of likely N-dealkylation sites (N-methyl/N-ethyl adjacent to an activating group) is 1. The van der Waals surface area contributed by atoms with Gasteiger partial charge < -0.3 is 14.3 Å². The first-order valence-corrected chi connectivity index (χ1v) is 9.77. The minimum Gasteiger partial charge on any atom is -0.385 e. The van der Waals surface area contributed by atoms with Crippen LogP contribution < -0.4 is 0 Å². The van der Waals surface area contributed by atoms with Crippen LogP contribution in [0.1, 0.15) is 58.3 Å². The highest BCUT2D eigenvalue weighted by Gasteiger charge is 2.51. The highest BCUT2D eigenvalue weighted by atomic mass is 16.5. The summed E-state index contributed by atoms with van der Waals surface area (Å²) >= 11 is 0. The summed E-state index contributed by atoms with van der Waals surface area (Å²) in [6.07, 6.45) is 10.6. The second-order valence-electron chi connectivity index (χ2n) is 9.06. The predicted octanol–water partition coefficient (Wildman–Crippen LogP) is 2.96. The van der Waals surface area contributed by atoms with E-state index >= 15 is 0 Å². The van der Waals surface area contributed by atoms with Gasteiger partial charge in [0.15, 0.2) is 0 Å². The zero-order valence-corrected chi connectivity index (χ0v) is 14.3. The van der Waals surface area contributed by atoms with Gasteiger partial charge in [-0.3, -0.25) is 0 Å². The van der Waals surface area contributed by atoms with E-state index in [0.717, 1.165) is 35.3 Å². The molecule has 3 nitrogen and oxygen atoms in total. The van der Waals surface area contributed by atoms with Crippen LogP contribution in [0.4, 0.5) is 0 Å². The molecule has 0 spiro atoms. The maximum Gasteiger partial charge on any atom is 0.126 e. The van der Waals surface area contributed by atoms with Crippen LogP contribution in [-0.4, -0.2) is 54.1 Å². The maximum absolute atomic E-state index is 10.6. The number of hydrogen-bond acceptors (Lipinski definition) is 2. The molecule has 0 aromatic rings. The number of rotatable bonds is 6. The zero-order chi connectivity index (χ0) is 15.2. The fourth-order valence-electron chi connectivity index (χ4n) is 6.61. The molecule has 5 rings (SSSR count). The van der Waals surface area contributed by atoms with E-state index in [0.29, 0.717) is 6.61 Å². The number of aliphatic hydroxyl groups is 1. The average molecular weight is 308 g/mol. The molecule has 3 heteroatoms. The molecule has 0 radical (unpaired) electrons. The van der Waals surface area contributed by atoms with Crippen LogP contribution in [0.5, 0.6) is 0 Å². The number of likely N-dealkylation sites (tertiary alicyclic amines) is 1. The van der Waals surface area contributed by atoms with Crippen molar-refractivity contribution in [3.05, 3.63) is 0 Å². The first-order chi connectivity index (χ1) is 10.6. The van der Waals surface area contributed by atoms with Crippen molar-refractivity contribution in [2.75, 3.05) is 32.8 Å². The van der Waals surface area contributed by atoms with E-state index in [2.05, 4.69) is 6.92 Å². The molecule has 5 aliphatic rings. The van der Waals surface area contributed by atoms with Gasteiger partial charge in [-0.15, -0.1) is 0 Å². The van der Waals surface area contributed by atoms with Crippen LogP contribution in [0.25, 0.3) is 0 Å². The zero-order valence-electron chi connectivity index (χ0n) is 14.3. The molecular formula is C19H34NO2+. The second kappa shape index (κ2) is 5.75. The Morgan fingerprint density at radius 1 is 1.05 bits per heavy atom. The van der Waals surface area contributed by atoms with Crippen molar-refractivity contribution in [1.82, 2.24) is 0 Å². The van der Waals surface area contributed by atoms with E-state index in [1.54, 1.807) is 0 Å². The van der Waals surface area contributed by atoms with Crippen LogP contribution in [0.15, 0.2) is 0 Å². The summed E-state index contributed by atoms with van der Waals surface area (Å²) in [4.78, 5) is 0. The van der Waals surface area contributed by atoms with Crippen molar-refractivity contribution in [1.29, 1.82) is 0 Å². The smallest absolute Gasteiger partial charge is 0.126 e. The van der Waals surface area contributed by atoms with E-state index < -0.39 is 0 Å². The highest BCUT2D eigenvalue weighted by Crippen LogP contribution is 2.57. The molecule has 0 amide bonds. The summed E-state index contributed by atoms with van der Waals surface area (Å²) < 4.78 is 7.56. The van der Waals surface area contributed by atoms with Gasteiger partial charge >= 0.3 is 0 Å². The highest BCUT2D eigenvalue weighted by molar-refractivity contribution is 5.03. The van der Waals surface area contributed by atoms with Crippen LogP contribution in [-0.2, 0) is 4.74 Å². The van der Waals surface area contributed by atoms with Gasteiger partial charge in [0.1, 0.15) is 12.6 Å². The Morgan fingerprint density at radius 3 is 2.09 bits per heavy atom. The van der Waals surface area contributed by atoms with Gasteiger partial charge in [-0.25, -0.2) is 0 Å². The first kappa shape index (κ1) is 15.4. The molecule has 4 aliphatic carbocycles. The lowest BCUT2D eigenvalue weighted by atomic mass is 9.54. The topological polar surface area (TPSA) is 29.5 Å². The van der Waals surface area contributed by atoms with E-state index in [4.69, 9.17) is 4.74 Å². The van der Waals surface area contributed by atoms with Gasteiger partial charge in [0.25, 0.3) is 0 Å². The van der Waals surface area contributed by atoms with Gasteiger partial charge in [-0.05, 0) is 63.2 Å². The Bertz CT molecular complexity index is 367. The summed E-state index contributed by atoms with van der Waals surface area (Å²) in [5.74, 6) is 2.78. The fourth-order valence-corrected chi connectivity index (χ4v) is 6.61. The third kappa shape index (κ3) is 2.85. The molecule has 22 heavy (non-hydrogen) atoms. The molecule has 4 bridgehead atoms. The second-order valence-corrected chi connectivity index (χ2v) is 9.06. The molecule has 0 aromatic heterocycles. The summed E-state index contributed by atoms with van der Waals surface area (Å²) in [5, 5.41) is 10.6. The van der Waals surface area contributed by atoms with Crippen LogP contribution in [0.2, 0.25) is 0 Å². The molecule has 1 aliphatic heterocycles. The maximum atomic E-state index is 10.6. The average Bonchev–Trinajstić information content (AvgIpc) is 2.93. The van der Waals surface area contributed by atoms with Crippen molar-refractivity contribution in [3.8, 4) is 0 Å². The lowest BCUT2D eigenvalue weighted by Gasteiger charge is -2.56. The van der Waals surface area contributed by atoms with Crippen LogP contribution >= 0.6 is 0 Å². The normalized spacial score (nSPS) is 43.6. The number of ether oxygens (including phenoxy) is 1. The molecule has 1 atom stereocenters. The summed E-state index contributed by atoms with van der Waals surface area (Å²) in [6, 6.07) is 0.